The normalized spacial score (nSPS) is 21.2. The van der Waals surface area contributed by atoms with Crippen molar-refractivity contribution in [3.8, 4) is 5.75 Å². The molecule has 0 bridgehead atoms. The van der Waals surface area contributed by atoms with Gasteiger partial charge in [-0.15, -0.1) is 0 Å². The Balaban J connectivity index is 2.23. The van der Waals surface area contributed by atoms with Gasteiger partial charge in [0.05, 0.1) is 11.9 Å². The van der Waals surface area contributed by atoms with Crippen LogP contribution in [-0.2, 0) is 0 Å². The van der Waals surface area contributed by atoms with Gasteiger partial charge in [-0.2, -0.15) is 0 Å². The lowest BCUT2D eigenvalue weighted by atomic mass is 10.4. The van der Waals surface area contributed by atoms with Crippen LogP contribution >= 0.6 is 11.8 Å². The predicted molar refractivity (Wildman–Crippen MR) is 46.5 cm³/mol. The van der Waals surface area contributed by atoms with Crippen molar-refractivity contribution in [3.05, 3.63) is 18.3 Å². The summed E-state index contributed by atoms with van der Waals surface area (Å²) in [5.41, 5.74) is 0. The Bertz CT molecular complexity index is 280. The number of thioether (sulfide) groups is 1. The Kier molecular flexibility index (Phi) is 2.19. The molecule has 2 heterocycles. The van der Waals surface area contributed by atoms with Crippen molar-refractivity contribution in [2.45, 2.75) is 10.3 Å². The Hall–Kier alpha value is -0.740. The van der Waals surface area contributed by atoms with Gasteiger partial charge >= 0.3 is 0 Å². The molecule has 1 aromatic rings. The van der Waals surface area contributed by atoms with E-state index in [0.29, 0.717) is 6.61 Å². The molecule has 0 spiro atoms. The molecule has 4 heteroatoms. The number of fused-ring (bicyclic) bond motifs is 1. The van der Waals surface area contributed by atoms with Gasteiger partial charge in [0, 0.05) is 6.20 Å². The molecular formula is C8H9NO2S. The molecule has 3 nitrogen and oxygen atoms in total. The van der Waals surface area contributed by atoms with Crippen LogP contribution in [0.2, 0.25) is 0 Å². The van der Waals surface area contributed by atoms with E-state index in [-0.39, 0.29) is 11.9 Å². The van der Waals surface area contributed by atoms with E-state index in [0.717, 1.165) is 10.8 Å². The fourth-order valence-corrected chi connectivity index (χ4v) is 1.93. The molecule has 1 aromatic heterocycles. The highest BCUT2D eigenvalue weighted by molar-refractivity contribution is 8.00. The van der Waals surface area contributed by atoms with Gasteiger partial charge in [0.1, 0.15) is 11.6 Å². The van der Waals surface area contributed by atoms with Gasteiger partial charge in [-0.1, -0.05) is 11.8 Å². The third-order valence-corrected chi connectivity index (χ3v) is 2.79. The number of pyridine rings is 1. The lowest BCUT2D eigenvalue weighted by molar-refractivity contribution is 0.231. The lowest BCUT2D eigenvalue weighted by Gasteiger charge is -2.21. The standard InChI is InChI=1S/C8H9NO2S/c10-4-6-5-11-7-2-1-3-9-8(7)12-6/h1-3,6,10H,4-5H2. The average Bonchev–Trinajstić information content (AvgIpc) is 2.17. The van der Waals surface area contributed by atoms with E-state index in [9.17, 15) is 0 Å². The Labute approximate surface area is 74.8 Å². The molecule has 0 aliphatic carbocycles. The molecule has 1 aliphatic heterocycles. The minimum Gasteiger partial charge on any atom is -0.489 e. The molecule has 1 unspecified atom stereocenters. The molecule has 12 heavy (non-hydrogen) atoms. The first-order valence-electron chi connectivity index (χ1n) is 3.75. The lowest BCUT2D eigenvalue weighted by Crippen LogP contribution is -2.22. The summed E-state index contributed by atoms with van der Waals surface area (Å²) in [6, 6.07) is 3.74. The fourth-order valence-electron chi connectivity index (χ4n) is 1.04. The number of hydrogen-bond acceptors (Lipinski definition) is 4. The van der Waals surface area contributed by atoms with Crippen molar-refractivity contribution < 1.29 is 9.84 Å². The van der Waals surface area contributed by atoms with Crippen LogP contribution in [0.3, 0.4) is 0 Å². The quantitative estimate of drug-likeness (QED) is 0.703. The van der Waals surface area contributed by atoms with Crippen molar-refractivity contribution in [2.75, 3.05) is 13.2 Å². The van der Waals surface area contributed by atoms with Crippen LogP contribution in [0.25, 0.3) is 0 Å². The van der Waals surface area contributed by atoms with E-state index in [1.807, 2.05) is 12.1 Å². The predicted octanol–water partition coefficient (Wildman–Crippen LogP) is 0.927. The van der Waals surface area contributed by atoms with Crippen molar-refractivity contribution >= 4 is 11.8 Å². The number of aliphatic hydroxyl groups excluding tert-OH is 1. The maximum Gasteiger partial charge on any atom is 0.151 e. The minimum atomic E-state index is 0.132. The van der Waals surface area contributed by atoms with Crippen molar-refractivity contribution in [2.24, 2.45) is 0 Å². The average molecular weight is 183 g/mol. The van der Waals surface area contributed by atoms with E-state index in [2.05, 4.69) is 4.98 Å². The highest BCUT2D eigenvalue weighted by Crippen LogP contribution is 2.34. The first-order valence-corrected chi connectivity index (χ1v) is 4.63. The summed E-state index contributed by atoms with van der Waals surface area (Å²) in [4.78, 5) is 4.14. The molecular weight excluding hydrogens is 174 g/mol. The number of aliphatic hydroxyl groups is 1. The van der Waals surface area contributed by atoms with E-state index in [1.54, 1.807) is 18.0 Å². The second-order valence-electron chi connectivity index (χ2n) is 2.54. The van der Waals surface area contributed by atoms with Gasteiger partial charge in [0.2, 0.25) is 0 Å². The third-order valence-electron chi connectivity index (χ3n) is 1.64. The second kappa shape index (κ2) is 3.33. The summed E-state index contributed by atoms with van der Waals surface area (Å²) in [5, 5.41) is 9.90. The smallest absolute Gasteiger partial charge is 0.151 e. The van der Waals surface area contributed by atoms with Gasteiger partial charge in [-0.3, -0.25) is 0 Å². The molecule has 0 amide bonds. The summed E-state index contributed by atoms with van der Waals surface area (Å²) in [6.07, 6.45) is 1.73. The van der Waals surface area contributed by atoms with Crippen LogP contribution in [0.4, 0.5) is 0 Å². The summed E-state index contributed by atoms with van der Waals surface area (Å²) in [6.45, 7) is 0.709. The van der Waals surface area contributed by atoms with E-state index >= 15 is 0 Å². The maximum atomic E-state index is 8.89. The van der Waals surface area contributed by atoms with Gasteiger partial charge < -0.3 is 9.84 Å². The minimum absolute atomic E-state index is 0.132. The highest BCUT2D eigenvalue weighted by atomic mass is 32.2. The summed E-state index contributed by atoms with van der Waals surface area (Å²) < 4.78 is 5.38. The molecule has 0 saturated heterocycles. The van der Waals surface area contributed by atoms with E-state index < -0.39 is 0 Å². The van der Waals surface area contributed by atoms with Crippen LogP contribution in [0.1, 0.15) is 0 Å². The molecule has 0 saturated carbocycles. The number of rotatable bonds is 1. The van der Waals surface area contributed by atoms with Crippen LogP contribution in [0.15, 0.2) is 23.4 Å². The molecule has 1 aliphatic rings. The van der Waals surface area contributed by atoms with Crippen molar-refractivity contribution in [3.63, 3.8) is 0 Å². The molecule has 1 atom stereocenters. The first-order chi connectivity index (χ1) is 5.90. The molecule has 1 N–H and O–H groups in total. The number of ether oxygens (including phenoxy) is 1. The number of nitrogens with zero attached hydrogens (tertiary/aromatic N) is 1. The fraction of sp³-hybridized carbons (Fsp3) is 0.375. The van der Waals surface area contributed by atoms with Crippen LogP contribution in [-0.4, -0.2) is 28.6 Å². The summed E-state index contributed by atoms with van der Waals surface area (Å²) in [7, 11) is 0. The summed E-state index contributed by atoms with van der Waals surface area (Å²) >= 11 is 1.57. The van der Waals surface area contributed by atoms with Crippen molar-refractivity contribution in [1.82, 2.24) is 4.98 Å². The molecule has 0 radical (unpaired) electrons. The highest BCUT2D eigenvalue weighted by Gasteiger charge is 2.19. The molecule has 2 rings (SSSR count). The SMILES string of the molecule is OCC1COc2cccnc2S1. The zero-order chi connectivity index (χ0) is 8.39. The first kappa shape index (κ1) is 7.89. The molecule has 64 valence electrons. The Morgan fingerprint density at radius 3 is 3.50 bits per heavy atom. The van der Waals surface area contributed by atoms with E-state index in [4.69, 9.17) is 9.84 Å². The van der Waals surface area contributed by atoms with Crippen LogP contribution in [0, 0.1) is 0 Å². The van der Waals surface area contributed by atoms with Gasteiger partial charge in [0.15, 0.2) is 5.75 Å². The molecule has 0 aromatic carbocycles. The van der Waals surface area contributed by atoms with Gasteiger partial charge in [-0.25, -0.2) is 4.98 Å². The van der Waals surface area contributed by atoms with Gasteiger partial charge in [0.25, 0.3) is 0 Å². The maximum absolute atomic E-state index is 8.89. The van der Waals surface area contributed by atoms with Crippen molar-refractivity contribution in [1.29, 1.82) is 0 Å². The summed E-state index contributed by atoms with van der Waals surface area (Å²) in [5.74, 6) is 0.826. The van der Waals surface area contributed by atoms with Crippen LogP contribution in [0.5, 0.6) is 5.75 Å². The topological polar surface area (TPSA) is 42.4 Å². The van der Waals surface area contributed by atoms with Gasteiger partial charge in [-0.05, 0) is 12.1 Å². The van der Waals surface area contributed by atoms with Crippen LogP contribution < -0.4 is 4.74 Å². The zero-order valence-corrected chi connectivity index (χ0v) is 7.25. The third kappa shape index (κ3) is 1.40. The largest absolute Gasteiger partial charge is 0.489 e. The van der Waals surface area contributed by atoms with E-state index in [1.165, 1.54) is 0 Å². The number of aromatic nitrogens is 1. The molecule has 0 fully saturated rings. The number of hydrogen-bond donors (Lipinski definition) is 1. The monoisotopic (exact) mass is 183 g/mol. The zero-order valence-electron chi connectivity index (χ0n) is 6.43. The Morgan fingerprint density at radius 2 is 2.67 bits per heavy atom. The second-order valence-corrected chi connectivity index (χ2v) is 3.83. The Morgan fingerprint density at radius 1 is 1.75 bits per heavy atom.